The maximum absolute atomic E-state index is 12.3. The van der Waals surface area contributed by atoms with E-state index in [4.69, 9.17) is 4.74 Å². The first kappa shape index (κ1) is 14.5. The van der Waals surface area contributed by atoms with Gasteiger partial charge >= 0.3 is 0 Å². The van der Waals surface area contributed by atoms with Crippen molar-refractivity contribution in [3.8, 4) is 0 Å². The molecule has 1 heterocycles. The molecule has 1 N–H and O–H groups in total. The molecule has 0 spiro atoms. The van der Waals surface area contributed by atoms with Gasteiger partial charge in [0.05, 0.1) is 0 Å². The van der Waals surface area contributed by atoms with Crippen molar-refractivity contribution in [2.24, 2.45) is 5.92 Å². The summed E-state index contributed by atoms with van der Waals surface area (Å²) in [6.45, 7) is 3.08. The normalized spacial score (nSPS) is 16.1. The summed E-state index contributed by atoms with van der Waals surface area (Å²) < 4.78 is 5.04. The van der Waals surface area contributed by atoms with Crippen LogP contribution < -0.4 is 5.32 Å². The zero-order valence-electron chi connectivity index (χ0n) is 11.9. The molecule has 0 fully saturated rings. The molecule has 1 aliphatic heterocycles. The highest BCUT2D eigenvalue weighted by Gasteiger charge is 2.23. The first-order valence-electron chi connectivity index (χ1n) is 6.74. The van der Waals surface area contributed by atoms with Crippen LogP contribution in [0, 0.1) is 5.92 Å². The second-order valence-corrected chi connectivity index (χ2v) is 5.22. The van der Waals surface area contributed by atoms with E-state index in [2.05, 4.69) is 5.32 Å². The Labute approximate surface area is 118 Å². The fourth-order valence-electron chi connectivity index (χ4n) is 2.35. The summed E-state index contributed by atoms with van der Waals surface area (Å²) in [7, 11) is 1.62. The fraction of sp³-hybridized carbons (Fsp3) is 0.467. The predicted molar refractivity (Wildman–Crippen MR) is 76.1 cm³/mol. The van der Waals surface area contributed by atoms with Crippen LogP contribution >= 0.6 is 0 Å². The molecule has 2 amide bonds. The van der Waals surface area contributed by atoms with Crippen LogP contribution in [0.2, 0.25) is 0 Å². The number of methoxy groups -OCH3 is 1. The van der Waals surface area contributed by atoms with Crippen molar-refractivity contribution in [2.75, 3.05) is 25.6 Å². The molecule has 0 saturated heterocycles. The van der Waals surface area contributed by atoms with Crippen LogP contribution in [-0.2, 0) is 20.9 Å². The van der Waals surface area contributed by atoms with Crippen molar-refractivity contribution in [3.63, 3.8) is 0 Å². The Hall–Kier alpha value is -1.88. The van der Waals surface area contributed by atoms with Gasteiger partial charge < -0.3 is 15.0 Å². The van der Waals surface area contributed by atoms with Gasteiger partial charge in [-0.15, -0.1) is 0 Å². The van der Waals surface area contributed by atoms with Crippen molar-refractivity contribution >= 4 is 17.5 Å². The highest BCUT2D eigenvalue weighted by atomic mass is 16.5. The summed E-state index contributed by atoms with van der Waals surface area (Å²) in [4.78, 5) is 25.7. The van der Waals surface area contributed by atoms with Crippen LogP contribution in [-0.4, -0.2) is 37.0 Å². The number of nitrogens with zero attached hydrogens (tertiary/aromatic N) is 1. The highest BCUT2D eigenvalue weighted by Crippen LogP contribution is 2.21. The van der Waals surface area contributed by atoms with E-state index < -0.39 is 0 Å². The molecule has 0 bridgehead atoms. The van der Waals surface area contributed by atoms with Gasteiger partial charge in [0.2, 0.25) is 11.8 Å². The fourth-order valence-corrected chi connectivity index (χ4v) is 2.35. The largest absolute Gasteiger partial charge is 0.384 e. The molecule has 0 aliphatic carbocycles. The number of hydrogen-bond acceptors (Lipinski definition) is 3. The summed E-state index contributed by atoms with van der Waals surface area (Å²) in [5, 5.41) is 2.83. The van der Waals surface area contributed by atoms with Crippen molar-refractivity contribution in [2.45, 2.75) is 19.9 Å². The Morgan fingerprint density at radius 3 is 2.90 bits per heavy atom. The third kappa shape index (κ3) is 3.57. The van der Waals surface area contributed by atoms with E-state index in [1.165, 1.54) is 0 Å². The summed E-state index contributed by atoms with van der Waals surface area (Å²) in [6, 6.07) is 7.57. The maximum Gasteiger partial charge on any atom is 0.244 e. The number of ether oxygens (including phenoxy) is 1. The Morgan fingerprint density at radius 2 is 2.15 bits per heavy atom. The van der Waals surface area contributed by atoms with E-state index in [1.807, 2.05) is 31.2 Å². The molecule has 1 aromatic rings. The molecule has 5 nitrogen and oxygen atoms in total. The number of fused-ring (bicyclic) bond motifs is 1. The minimum Gasteiger partial charge on any atom is -0.384 e. The zero-order chi connectivity index (χ0) is 14.5. The number of nitrogens with one attached hydrogen (secondary N) is 1. The molecule has 1 unspecified atom stereocenters. The third-order valence-corrected chi connectivity index (χ3v) is 3.31. The van der Waals surface area contributed by atoms with Crippen molar-refractivity contribution in [1.29, 1.82) is 0 Å². The van der Waals surface area contributed by atoms with Gasteiger partial charge in [-0.1, -0.05) is 25.1 Å². The number of carbonyl (C=O) groups excluding carboxylic acids is 2. The molecular formula is C15H20N2O3. The average molecular weight is 276 g/mol. The van der Waals surface area contributed by atoms with Crippen LogP contribution in [0.15, 0.2) is 24.3 Å². The number of rotatable bonds is 4. The number of carbonyl (C=O) groups is 2. The number of anilines is 1. The van der Waals surface area contributed by atoms with Gasteiger partial charge in [0, 0.05) is 32.4 Å². The summed E-state index contributed by atoms with van der Waals surface area (Å²) in [6.07, 6.45) is 0.392. The van der Waals surface area contributed by atoms with E-state index >= 15 is 0 Å². The second-order valence-electron chi connectivity index (χ2n) is 5.22. The zero-order valence-corrected chi connectivity index (χ0v) is 11.9. The van der Waals surface area contributed by atoms with Gasteiger partial charge in [-0.3, -0.25) is 9.59 Å². The van der Waals surface area contributed by atoms with E-state index in [0.29, 0.717) is 19.6 Å². The van der Waals surface area contributed by atoms with E-state index in [9.17, 15) is 9.59 Å². The molecule has 1 atom stereocenters. The average Bonchev–Trinajstić information content (AvgIpc) is 2.56. The third-order valence-electron chi connectivity index (χ3n) is 3.31. The SMILES string of the molecule is COCC(C)CC(=O)N1CC(=O)Nc2ccccc2C1. The van der Waals surface area contributed by atoms with Crippen LogP contribution in [0.5, 0.6) is 0 Å². The lowest BCUT2D eigenvalue weighted by Crippen LogP contribution is -2.36. The van der Waals surface area contributed by atoms with E-state index in [0.717, 1.165) is 11.3 Å². The van der Waals surface area contributed by atoms with Gasteiger partial charge in [-0.05, 0) is 17.5 Å². The van der Waals surface area contributed by atoms with Gasteiger partial charge in [0.15, 0.2) is 0 Å². The van der Waals surface area contributed by atoms with Gasteiger partial charge in [0.25, 0.3) is 0 Å². The van der Waals surface area contributed by atoms with Crippen LogP contribution in [0.1, 0.15) is 18.9 Å². The van der Waals surface area contributed by atoms with Crippen molar-refractivity contribution in [1.82, 2.24) is 4.90 Å². The summed E-state index contributed by atoms with van der Waals surface area (Å²) >= 11 is 0. The molecule has 1 aliphatic rings. The Kier molecular flexibility index (Phi) is 4.74. The summed E-state index contributed by atoms with van der Waals surface area (Å²) in [5.41, 5.74) is 1.75. The Bertz CT molecular complexity index is 502. The predicted octanol–water partition coefficient (Wildman–Crippen LogP) is 1.64. The monoisotopic (exact) mass is 276 g/mol. The van der Waals surface area contributed by atoms with Crippen molar-refractivity contribution in [3.05, 3.63) is 29.8 Å². The number of para-hydroxylation sites is 1. The molecular weight excluding hydrogens is 256 g/mol. The molecule has 5 heteroatoms. The first-order chi connectivity index (χ1) is 9.60. The van der Waals surface area contributed by atoms with Gasteiger partial charge in [-0.25, -0.2) is 0 Å². The Balaban J connectivity index is 2.09. The molecule has 20 heavy (non-hydrogen) atoms. The minimum atomic E-state index is -0.150. The topological polar surface area (TPSA) is 58.6 Å². The van der Waals surface area contributed by atoms with Gasteiger partial charge in [-0.2, -0.15) is 0 Å². The molecule has 0 aromatic heterocycles. The van der Waals surface area contributed by atoms with Crippen LogP contribution in [0.3, 0.4) is 0 Å². The quantitative estimate of drug-likeness (QED) is 0.909. The van der Waals surface area contributed by atoms with E-state index in [-0.39, 0.29) is 24.3 Å². The van der Waals surface area contributed by atoms with E-state index in [1.54, 1.807) is 12.0 Å². The maximum atomic E-state index is 12.3. The van der Waals surface area contributed by atoms with Crippen molar-refractivity contribution < 1.29 is 14.3 Å². The summed E-state index contributed by atoms with van der Waals surface area (Å²) in [5.74, 6) is -0.0156. The standard InChI is InChI=1S/C15H20N2O3/c1-11(10-20-2)7-15(19)17-8-12-5-3-4-6-13(12)16-14(18)9-17/h3-6,11H,7-10H2,1-2H3,(H,16,18). The smallest absolute Gasteiger partial charge is 0.244 e. The van der Waals surface area contributed by atoms with Gasteiger partial charge in [0.1, 0.15) is 6.54 Å². The van der Waals surface area contributed by atoms with Crippen LogP contribution in [0.4, 0.5) is 5.69 Å². The number of amides is 2. The molecule has 1 aromatic carbocycles. The second kappa shape index (κ2) is 6.52. The minimum absolute atomic E-state index is 0.0126. The lowest BCUT2D eigenvalue weighted by Gasteiger charge is -2.21. The molecule has 0 saturated carbocycles. The highest BCUT2D eigenvalue weighted by molar-refractivity contribution is 5.96. The number of benzene rings is 1. The lowest BCUT2D eigenvalue weighted by molar-refractivity contribution is -0.136. The molecule has 108 valence electrons. The molecule has 2 rings (SSSR count). The lowest BCUT2D eigenvalue weighted by atomic mass is 10.1. The molecule has 0 radical (unpaired) electrons. The number of hydrogen-bond donors (Lipinski definition) is 1. The Morgan fingerprint density at radius 1 is 1.40 bits per heavy atom. The first-order valence-corrected chi connectivity index (χ1v) is 6.74. The van der Waals surface area contributed by atoms with Crippen LogP contribution in [0.25, 0.3) is 0 Å².